The van der Waals surface area contributed by atoms with Gasteiger partial charge in [-0.25, -0.2) is 8.78 Å². The predicted molar refractivity (Wildman–Crippen MR) is 261 cm³/mol. The average Bonchev–Trinajstić information content (AvgIpc) is 3.71. The Kier molecular flexibility index (Phi) is 8.47. The van der Waals surface area contributed by atoms with Gasteiger partial charge in [0.15, 0.2) is 0 Å². The van der Waals surface area contributed by atoms with Gasteiger partial charge in [0.1, 0.15) is 11.6 Å². The molecule has 1 aliphatic carbocycles. The lowest BCUT2D eigenvalue weighted by atomic mass is 9.36. The Bertz CT molecular complexity index is 2950. The van der Waals surface area contributed by atoms with Gasteiger partial charge < -0.3 is 14.7 Å². The number of nitrogens with zero attached hydrogens (tertiary/aromatic N) is 3. The van der Waals surface area contributed by atoms with E-state index in [2.05, 4.69) is 139 Å². The van der Waals surface area contributed by atoms with Crippen LogP contribution in [0.25, 0.3) is 10.1 Å². The molecule has 0 bridgehead atoms. The Morgan fingerprint density at radius 1 is 0.661 bits per heavy atom. The molecule has 0 amide bonds. The number of halogens is 2. The third-order valence-electron chi connectivity index (χ3n) is 15.1. The van der Waals surface area contributed by atoms with Gasteiger partial charge in [0.05, 0.1) is 28.3 Å². The van der Waals surface area contributed by atoms with Crippen LogP contribution in [0.1, 0.15) is 103 Å². The second kappa shape index (κ2) is 13.3. The number of para-hydroxylation sites is 2. The number of aryl methyl sites for hydroxylation is 1. The summed E-state index contributed by atoms with van der Waals surface area (Å²) in [4.78, 5) is 7.15. The molecule has 4 aliphatic rings. The normalized spacial score (nSPS) is 20.0. The van der Waals surface area contributed by atoms with Gasteiger partial charge in [-0.15, -0.1) is 11.3 Å². The number of hydrogen-bond acceptors (Lipinski definition) is 4. The van der Waals surface area contributed by atoms with E-state index in [0.29, 0.717) is 11.4 Å². The van der Waals surface area contributed by atoms with Crippen molar-refractivity contribution in [1.82, 2.24) is 0 Å². The van der Waals surface area contributed by atoms with Crippen molar-refractivity contribution >= 4 is 89.3 Å². The molecule has 3 aliphatic heterocycles. The summed E-state index contributed by atoms with van der Waals surface area (Å²) < 4.78 is 35.2. The fourth-order valence-electron chi connectivity index (χ4n) is 11.7. The zero-order chi connectivity index (χ0) is 43.2. The molecule has 2 unspecified atom stereocenters. The molecule has 1 saturated carbocycles. The maximum absolute atomic E-state index is 16.3. The molecule has 0 spiro atoms. The Hall–Kier alpha value is -5.40. The smallest absolute Gasteiger partial charge is 0.264 e. The molecule has 0 saturated heterocycles. The molecule has 312 valence electrons. The van der Waals surface area contributed by atoms with Crippen molar-refractivity contribution in [3.63, 3.8) is 0 Å². The quantitative estimate of drug-likeness (QED) is 0.164. The Morgan fingerprint density at radius 2 is 1.27 bits per heavy atom. The summed E-state index contributed by atoms with van der Waals surface area (Å²) in [6.45, 7) is 20.8. The van der Waals surface area contributed by atoms with E-state index in [4.69, 9.17) is 0 Å². The summed E-state index contributed by atoms with van der Waals surface area (Å²) in [5.74, 6) is -0.768. The van der Waals surface area contributed by atoms with Crippen LogP contribution in [0.15, 0.2) is 115 Å². The number of rotatable bonds is 4. The highest BCUT2D eigenvalue weighted by atomic mass is 32.1. The number of anilines is 8. The summed E-state index contributed by atoms with van der Waals surface area (Å²) in [7, 11) is 0. The molecule has 4 heterocycles. The van der Waals surface area contributed by atoms with Gasteiger partial charge >= 0.3 is 0 Å². The highest BCUT2D eigenvalue weighted by Gasteiger charge is 2.63. The van der Waals surface area contributed by atoms with E-state index in [9.17, 15) is 0 Å². The van der Waals surface area contributed by atoms with Crippen LogP contribution in [0.5, 0.6) is 0 Å². The van der Waals surface area contributed by atoms with Crippen molar-refractivity contribution in [2.45, 2.75) is 110 Å². The molecule has 7 heteroatoms. The van der Waals surface area contributed by atoms with Crippen LogP contribution in [-0.4, -0.2) is 12.3 Å². The molecule has 62 heavy (non-hydrogen) atoms. The number of hydrogen-bond donors (Lipinski definition) is 0. The molecule has 11 rings (SSSR count). The zero-order valence-electron chi connectivity index (χ0n) is 37.4. The van der Waals surface area contributed by atoms with E-state index in [0.717, 1.165) is 37.1 Å². The fraction of sp³-hybridized carbons (Fsp3) is 0.309. The standard InChI is InChI=1S/C55H54BF2N3S/c1-33-30-44-48-45(31-33)61-50-38(56(48)51-49(37-32-35(53(5,6)7)22-27-46(37)62-51)59(44)36-23-20-34(21-24-36)52(2,3)4)25-26-43(47(50)54(8)28-14-15-29-55(54,61)9)60(41-18-12-10-16-39(41)57)42-19-13-11-17-40(42)58/h10-13,16-27,30-32H,14-15,28-29H2,1-9H3. The Morgan fingerprint density at radius 3 is 1.92 bits per heavy atom. The molecule has 0 radical (unpaired) electrons. The fourth-order valence-corrected chi connectivity index (χ4v) is 13.0. The summed E-state index contributed by atoms with van der Waals surface area (Å²) in [5, 5.41) is 1.28. The first-order valence-electron chi connectivity index (χ1n) is 22.4. The first-order valence-corrected chi connectivity index (χ1v) is 23.2. The second-order valence-corrected chi connectivity index (χ2v) is 21.9. The number of fused-ring (bicyclic) bond motifs is 9. The summed E-state index contributed by atoms with van der Waals surface area (Å²) in [6.07, 6.45) is 4.19. The van der Waals surface area contributed by atoms with E-state index in [1.165, 1.54) is 82.9 Å². The van der Waals surface area contributed by atoms with E-state index in [1.54, 1.807) is 24.3 Å². The number of benzene rings is 6. The van der Waals surface area contributed by atoms with Crippen LogP contribution in [0.2, 0.25) is 0 Å². The Balaban J connectivity index is 1.25. The van der Waals surface area contributed by atoms with Crippen LogP contribution in [0.4, 0.5) is 54.3 Å². The summed E-state index contributed by atoms with van der Waals surface area (Å²) in [6, 6.07) is 39.4. The third kappa shape index (κ3) is 5.39. The van der Waals surface area contributed by atoms with E-state index in [-0.39, 0.29) is 40.1 Å². The third-order valence-corrected chi connectivity index (χ3v) is 16.3. The second-order valence-electron chi connectivity index (χ2n) is 20.8. The van der Waals surface area contributed by atoms with Crippen molar-refractivity contribution < 1.29 is 8.78 Å². The average molecular weight is 838 g/mol. The first-order chi connectivity index (χ1) is 29.5. The minimum Gasteiger partial charge on any atom is -0.335 e. The first kappa shape index (κ1) is 39.5. The van der Waals surface area contributed by atoms with Crippen molar-refractivity contribution in [2.75, 3.05) is 14.7 Å². The van der Waals surface area contributed by atoms with Crippen LogP contribution in [-0.2, 0) is 16.2 Å². The molecule has 2 atom stereocenters. The van der Waals surface area contributed by atoms with Gasteiger partial charge in [-0.2, -0.15) is 0 Å². The molecule has 0 N–H and O–H groups in total. The Labute approximate surface area is 370 Å². The van der Waals surface area contributed by atoms with Gasteiger partial charge in [0.2, 0.25) is 0 Å². The van der Waals surface area contributed by atoms with E-state index in [1.807, 2.05) is 28.4 Å². The lowest BCUT2D eigenvalue weighted by Crippen LogP contribution is -2.64. The van der Waals surface area contributed by atoms with Gasteiger partial charge in [-0.05, 0) is 132 Å². The molecule has 6 aromatic carbocycles. The van der Waals surface area contributed by atoms with Crippen molar-refractivity contribution in [3.8, 4) is 0 Å². The SMILES string of the molecule is Cc1cc2c3c(c1)N1c4c(ccc(N(c5ccccc5F)c5ccccc5F)c4C4(C)CCCCC14C)B3c1sc3ccc(C(C)(C)C)cc3c1N2c1ccc(C(C)(C)C)cc1. The van der Waals surface area contributed by atoms with Crippen LogP contribution < -0.4 is 30.4 Å². The molecule has 1 aromatic heterocycles. The van der Waals surface area contributed by atoms with Crippen molar-refractivity contribution in [2.24, 2.45) is 0 Å². The van der Waals surface area contributed by atoms with E-state index >= 15 is 8.78 Å². The molecule has 7 aromatic rings. The maximum Gasteiger partial charge on any atom is 0.264 e. The van der Waals surface area contributed by atoms with Crippen LogP contribution in [0, 0.1) is 18.6 Å². The molecular formula is C55H54BF2N3S. The summed E-state index contributed by atoms with van der Waals surface area (Å²) >= 11 is 1.92. The topological polar surface area (TPSA) is 9.72 Å². The minimum absolute atomic E-state index is 0.0238. The van der Waals surface area contributed by atoms with Crippen LogP contribution >= 0.6 is 11.3 Å². The molecular weight excluding hydrogens is 784 g/mol. The number of thiophene rings is 1. The monoisotopic (exact) mass is 837 g/mol. The summed E-state index contributed by atoms with van der Waals surface area (Å²) in [5.41, 5.74) is 14.6. The minimum atomic E-state index is -0.384. The van der Waals surface area contributed by atoms with Gasteiger partial charge in [0, 0.05) is 48.6 Å². The highest BCUT2D eigenvalue weighted by Crippen LogP contribution is 2.65. The molecule has 1 fully saturated rings. The van der Waals surface area contributed by atoms with Crippen molar-refractivity contribution in [3.05, 3.63) is 149 Å². The van der Waals surface area contributed by atoms with Gasteiger partial charge in [-0.3, -0.25) is 0 Å². The zero-order valence-corrected chi connectivity index (χ0v) is 38.2. The van der Waals surface area contributed by atoms with Gasteiger partial charge in [-0.1, -0.05) is 110 Å². The lowest BCUT2D eigenvalue weighted by molar-refractivity contribution is 0.195. The van der Waals surface area contributed by atoms with Crippen molar-refractivity contribution in [1.29, 1.82) is 0 Å². The highest BCUT2D eigenvalue weighted by molar-refractivity contribution is 7.33. The van der Waals surface area contributed by atoms with E-state index < -0.39 is 0 Å². The predicted octanol–water partition coefficient (Wildman–Crippen LogP) is 13.9. The van der Waals surface area contributed by atoms with Gasteiger partial charge in [0.25, 0.3) is 6.71 Å². The maximum atomic E-state index is 16.3. The van der Waals surface area contributed by atoms with Crippen LogP contribution in [0.3, 0.4) is 0 Å². The molecule has 3 nitrogen and oxygen atoms in total. The largest absolute Gasteiger partial charge is 0.335 e. The lowest BCUT2D eigenvalue weighted by Gasteiger charge is -2.52.